The predicted octanol–water partition coefficient (Wildman–Crippen LogP) is 5.70. The lowest BCUT2D eigenvalue weighted by Gasteiger charge is -2.25. The Kier molecular flexibility index (Phi) is 5.05. The fourth-order valence-corrected chi connectivity index (χ4v) is 3.51. The van der Waals surface area contributed by atoms with Crippen LogP contribution in [-0.2, 0) is 0 Å². The molecule has 0 aliphatic heterocycles. The molecule has 0 heterocycles. The SMILES string of the molecule is C=P(Oc1ccccc1)(Oc1ccccc1)Oc1cc(F)cc(F)c1. The van der Waals surface area contributed by atoms with Crippen LogP contribution in [0, 0.1) is 11.6 Å². The molecule has 6 heteroatoms. The van der Waals surface area contributed by atoms with Crippen LogP contribution in [0.25, 0.3) is 0 Å². The molecule has 0 unspecified atom stereocenters. The number of hydrogen-bond donors (Lipinski definition) is 0. The van der Waals surface area contributed by atoms with Gasteiger partial charge in [-0.2, -0.15) is 0 Å². The first-order valence-electron chi connectivity index (χ1n) is 7.41. The highest BCUT2D eigenvalue weighted by molar-refractivity contribution is 7.60. The van der Waals surface area contributed by atoms with Gasteiger partial charge in [0.25, 0.3) is 0 Å². The van der Waals surface area contributed by atoms with Crippen LogP contribution in [0.4, 0.5) is 8.78 Å². The average Bonchev–Trinajstić information content (AvgIpc) is 2.55. The molecule has 128 valence electrons. The Morgan fingerprint density at radius 2 is 1.00 bits per heavy atom. The van der Waals surface area contributed by atoms with Crippen LogP contribution in [0.15, 0.2) is 78.9 Å². The second kappa shape index (κ2) is 7.41. The van der Waals surface area contributed by atoms with Crippen molar-refractivity contribution in [2.45, 2.75) is 0 Å². The molecule has 25 heavy (non-hydrogen) atoms. The highest BCUT2D eigenvalue weighted by Crippen LogP contribution is 2.49. The predicted molar refractivity (Wildman–Crippen MR) is 95.2 cm³/mol. The number of benzene rings is 3. The van der Waals surface area contributed by atoms with E-state index < -0.39 is 19.2 Å². The van der Waals surface area contributed by atoms with E-state index >= 15 is 0 Å². The van der Waals surface area contributed by atoms with E-state index in [4.69, 9.17) is 13.6 Å². The zero-order valence-electron chi connectivity index (χ0n) is 13.1. The summed E-state index contributed by atoms with van der Waals surface area (Å²) >= 11 is 0. The molecule has 3 rings (SSSR count). The molecule has 0 aliphatic carbocycles. The van der Waals surface area contributed by atoms with Crippen molar-refractivity contribution < 1.29 is 22.4 Å². The first-order valence-corrected chi connectivity index (χ1v) is 9.14. The van der Waals surface area contributed by atoms with Crippen molar-refractivity contribution >= 4 is 13.9 Å². The van der Waals surface area contributed by atoms with E-state index in [-0.39, 0.29) is 5.75 Å². The van der Waals surface area contributed by atoms with Crippen LogP contribution in [0.5, 0.6) is 17.2 Å². The van der Waals surface area contributed by atoms with E-state index in [2.05, 4.69) is 6.30 Å². The Labute approximate surface area is 144 Å². The minimum Gasteiger partial charge on any atom is -0.415 e. The molecule has 3 aromatic carbocycles. The van der Waals surface area contributed by atoms with Gasteiger partial charge in [0.15, 0.2) is 0 Å². The normalized spacial score (nSPS) is 11.0. The molecule has 0 aromatic heterocycles. The molecule has 0 fully saturated rings. The van der Waals surface area contributed by atoms with Crippen LogP contribution >= 0.6 is 7.57 Å². The summed E-state index contributed by atoms with van der Waals surface area (Å²) in [7, 11) is -3.26. The van der Waals surface area contributed by atoms with Gasteiger partial charge >= 0.3 is 7.57 Å². The Morgan fingerprint density at radius 1 is 0.600 bits per heavy atom. The fourth-order valence-electron chi connectivity index (χ4n) is 2.08. The summed E-state index contributed by atoms with van der Waals surface area (Å²) in [6, 6.07) is 20.5. The third-order valence-corrected chi connectivity index (χ3v) is 4.52. The van der Waals surface area contributed by atoms with Crippen molar-refractivity contribution in [2.75, 3.05) is 0 Å². The zero-order valence-corrected chi connectivity index (χ0v) is 14.0. The van der Waals surface area contributed by atoms with Gasteiger partial charge in [-0.15, -0.1) is 0 Å². The van der Waals surface area contributed by atoms with Gasteiger partial charge in [-0.1, -0.05) is 36.4 Å². The molecule has 0 spiro atoms. The number of para-hydroxylation sites is 2. The van der Waals surface area contributed by atoms with Crippen molar-refractivity contribution in [2.24, 2.45) is 0 Å². The maximum Gasteiger partial charge on any atom is 0.409 e. The number of halogens is 2. The lowest BCUT2D eigenvalue weighted by Crippen LogP contribution is -2.08. The monoisotopic (exact) mass is 360 g/mol. The second-order valence-corrected chi connectivity index (χ2v) is 6.89. The van der Waals surface area contributed by atoms with Crippen LogP contribution in [0.2, 0.25) is 0 Å². The van der Waals surface area contributed by atoms with Crippen molar-refractivity contribution in [1.29, 1.82) is 0 Å². The van der Waals surface area contributed by atoms with Crippen LogP contribution in [0.1, 0.15) is 0 Å². The Balaban J connectivity index is 1.91. The standard InChI is InChI=1S/C19H15F2O3P/c1-25(22-17-8-4-2-5-9-17,23-18-10-6-3-7-11-18)24-19-13-15(20)12-16(21)14-19/h2-14H,1H2. The summed E-state index contributed by atoms with van der Waals surface area (Å²) in [6.45, 7) is 0. The largest absolute Gasteiger partial charge is 0.415 e. The van der Waals surface area contributed by atoms with Crippen molar-refractivity contribution in [3.63, 3.8) is 0 Å². The molecule has 0 saturated heterocycles. The lowest BCUT2D eigenvalue weighted by molar-refractivity contribution is 0.379. The van der Waals surface area contributed by atoms with Gasteiger partial charge in [0, 0.05) is 24.5 Å². The maximum atomic E-state index is 13.4. The molecule has 0 N–H and O–H groups in total. The number of hydrogen-bond acceptors (Lipinski definition) is 3. The van der Waals surface area contributed by atoms with Crippen LogP contribution in [0.3, 0.4) is 0 Å². The summed E-state index contributed by atoms with van der Waals surface area (Å²) < 4.78 is 44.1. The summed E-state index contributed by atoms with van der Waals surface area (Å²) in [5.74, 6) is -0.646. The van der Waals surface area contributed by atoms with Crippen molar-refractivity contribution in [3.8, 4) is 17.2 Å². The highest BCUT2D eigenvalue weighted by atomic mass is 31.2. The lowest BCUT2D eigenvalue weighted by atomic mass is 10.3. The molecular weight excluding hydrogens is 345 g/mol. The molecule has 0 atom stereocenters. The third kappa shape index (κ3) is 4.85. The van der Waals surface area contributed by atoms with Gasteiger partial charge in [-0.25, -0.2) is 8.78 Å². The maximum absolute atomic E-state index is 13.4. The Morgan fingerprint density at radius 3 is 1.44 bits per heavy atom. The highest BCUT2D eigenvalue weighted by Gasteiger charge is 2.24. The van der Waals surface area contributed by atoms with Gasteiger partial charge in [-0.05, 0) is 24.3 Å². The van der Waals surface area contributed by atoms with Gasteiger partial charge in [0.1, 0.15) is 28.9 Å². The molecule has 0 amide bonds. The average molecular weight is 360 g/mol. The molecule has 0 bridgehead atoms. The Hall–Kier alpha value is -2.78. The minimum atomic E-state index is -3.26. The number of rotatable bonds is 6. The summed E-state index contributed by atoms with van der Waals surface area (Å²) in [5, 5.41) is 0. The van der Waals surface area contributed by atoms with Crippen molar-refractivity contribution in [1.82, 2.24) is 0 Å². The third-order valence-electron chi connectivity index (χ3n) is 3.06. The first-order chi connectivity index (χ1) is 12.0. The summed E-state index contributed by atoms with van der Waals surface area (Å²) in [6.07, 6.45) is 3.91. The second-order valence-electron chi connectivity index (χ2n) is 5.12. The van der Waals surface area contributed by atoms with E-state index in [0.717, 1.165) is 18.2 Å². The van der Waals surface area contributed by atoms with Crippen LogP contribution in [-0.4, -0.2) is 6.30 Å². The van der Waals surface area contributed by atoms with Gasteiger partial charge in [0.05, 0.1) is 0 Å². The van der Waals surface area contributed by atoms with Gasteiger partial charge in [-0.3, -0.25) is 0 Å². The van der Waals surface area contributed by atoms with Gasteiger partial charge in [0.2, 0.25) is 0 Å². The molecule has 0 aliphatic rings. The van der Waals surface area contributed by atoms with E-state index in [1.54, 1.807) is 48.5 Å². The van der Waals surface area contributed by atoms with E-state index in [9.17, 15) is 8.78 Å². The van der Waals surface area contributed by atoms with Crippen LogP contribution < -0.4 is 13.6 Å². The van der Waals surface area contributed by atoms with Gasteiger partial charge < -0.3 is 13.6 Å². The van der Waals surface area contributed by atoms with Crippen molar-refractivity contribution in [3.05, 3.63) is 90.5 Å². The topological polar surface area (TPSA) is 27.7 Å². The fraction of sp³-hybridized carbons (Fsp3) is 0. The molecule has 0 radical (unpaired) electrons. The van der Waals surface area contributed by atoms with E-state index in [0.29, 0.717) is 11.5 Å². The molecule has 0 saturated carbocycles. The minimum absolute atomic E-state index is 0.0623. The molecular formula is C19H15F2O3P. The quantitative estimate of drug-likeness (QED) is 0.528. The molecule has 3 nitrogen and oxygen atoms in total. The zero-order chi connectivity index (χ0) is 17.7. The van der Waals surface area contributed by atoms with E-state index in [1.165, 1.54) is 0 Å². The summed E-state index contributed by atoms with van der Waals surface area (Å²) in [4.78, 5) is 0. The summed E-state index contributed by atoms with van der Waals surface area (Å²) in [5.41, 5.74) is 0. The Bertz CT molecular complexity index is 820. The molecule has 3 aromatic rings. The smallest absolute Gasteiger partial charge is 0.409 e. The first kappa shape index (κ1) is 17.1. The van der Waals surface area contributed by atoms with E-state index in [1.807, 2.05) is 12.1 Å².